The average Bonchev–Trinajstić information content (AvgIpc) is 2.40. The normalized spacial score (nSPS) is 34.3. The van der Waals surface area contributed by atoms with Crippen molar-refractivity contribution in [3.05, 3.63) is 0 Å². The standard InChI is InChI=1S/C13H24N2O2/c16-9-10-3-5-12(6-4-10)15-13(17)11-2-1-7-14-8-11/h10-12,14,16H,1-9H2,(H,15,17). The molecule has 1 unspecified atom stereocenters. The molecule has 1 atom stereocenters. The van der Waals surface area contributed by atoms with Crippen LogP contribution in [-0.4, -0.2) is 36.8 Å². The first-order valence-corrected chi connectivity index (χ1v) is 6.91. The van der Waals surface area contributed by atoms with Crippen LogP contribution in [0.3, 0.4) is 0 Å². The molecule has 0 aromatic rings. The molecule has 1 aliphatic carbocycles. The van der Waals surface area contributed by atoms with Gasteiger partial charge in [0.05, 0.1) is 5.92 Å². The van der Waals surface area contributed by atoms with E-state index in [2.05, 4.69) is 10.6 Å². The Labute approximate surface area is 103 Å². The number of piperidine rings is 1. The third-order valence-corrected chi connectivity index (χ3v) is 4.12. The second kappa shape index (κ2) is 6.36. The summed E-state index contributed by atoms with van der Waals surface area (Å²) in [6.45, 7) is 2.18. The molecule has 2 rings (SSSR count). The molecule has 1 heterocycles. The van der Waals surface area contributed by atoms with Crippen molar-refractivity contribution in [3.63, 3.8) is 0 Å². The summed E-state index contributed by atoms with van der Waals surface area (Å²) in [5.41, 5.74) is 0. The Morgan fingerprint density at radius 1 is 1.24 bits per heavy atom. The van der Waals surface area contributed by atoms with Crippen molar-refractivity contribution in [1.29, 1.82) is 0 Å². The first-order valence-electron chi connectivity index (χ1n) is 6.91. The van der Waals surface area contributed by atoms with Crippen LogP contribution in [0.25, 0.3) is 0 Å². The fraction of sp³-hybridized carbons (Fsp3) is 0.923. The minimum Gasteiger partial charge on any atom is -0.396 e. The molecule has 1 saturated heterocycles. The number of aliphatic hydroxyl groups is 1. The summed E-state index contributed by atoms with van der Waals surface area (Å²) in [5, 5.41) is 15.5. The van der Waals surface area contributed by atoms with Gasteiger partial charge in [0.1, 0.15) is 0 Å². The highest BCUT2D eigenvalue weighted by Crippen LogP contribution is 2.24. The largest absolute Gasteiger partial charge is 0.396 e. The van der Waals surface area contributed by atoms with Gasteiger partial charge in [-0.05, 0) is 51.0 Å². The summed E-state index contributed by atoms with van der Waals surface area (Å²) in [6, 6.07) is 0.340. The van der Waals surface area contributed by atoms with Gasteiger partial charge in [0.25, 0.3) is 0 Å². The molecule has 1 amide bonds. The predicted octanol–water partition coefficient (Wildman–Crippen LogP) is 0.653. The van der Waals surface area contributed by atoms with E-state index in [9.17, 15) is 4.79 Å². The van der Waals surface area contributed by atoms with Crippen molar-refractivity contribution in [1.82, 2.24) is 10.6 Å². The number of carbonyl (C=O) groups excluding carboxylic acids is 1. The van der Waals surface area contributed by atoms with E-state index in [4.69, 9.17) is 5.11 Å². The van der Waals surface area contributed by atoms with E-state index in [1.54, 1.807) is 0 Å². The first-order chi connectivity index (χ1) is 8.29. The fourth-order valence-corrected chi connectivity index (χ4v) is 2.88. The summed E-state index contributed by atoms with van der Waals surface area (Å²) in [4.78, 5) is 12.0. The van der Waals surface area contributed by atoms with Crippen molar-refractivity contribution >= 4 is 5.91 Å². The molecule has 2 fully saturated rings. The van der Waals surface area contributed by atoms with Gasteiger partial charge in [0.15, 0.2) is 0 Å². The van der Waals surface area contributed by atoms with E-state index < -0.39 is 0 Å². The van der Waals surface area contributed by atoms with Gasteiger partial charge in [0.2, 0.25) is 5.91 Å². The van der Waals surface area contributed by atoms with Crippen LogP contribution in [0, 0.1) is 11.8 Å². The van der Waals surface area contributed by atoms with Gasteiger partial charge >= 0.3 is 0 Å². The zero-order valence-electron chi connectivity index (χ0n) is 10.5. The lowest BCUT2D eigenvalue weighted by Crippen LogP contribution is -2.45. The number of hydrogen-bond acceptors (Lipinski definition) is 3. The molecule has 2 aliphatic rings. The van der Waals surface area contributed by atoms with Crippen molar-refractivity contribution in [2.75, 3.05) is 19.7 Å². The van der Waals surface area contributed by atoms with Crippen LogP contribution in [-0.2, 0) is 4.79 Å². The van der Waals surface area contributed by atoms with Gasteiger partial charge in [-0.15, -0.1) is 0 Å². The highest BCUT2D eigenvalue weighted by molar-refractivity contribution is 5.79. The first kappa shape index (κ1) is 12.8. The van der Waals surface area contributed by atoms with E-state index >= 15 is 0 Å². The van der Waals surface area contributed by atoms with Gasteiger partial charge < -0.3 is 15.7 Å². The van der Waals surface area contributed by atoms with Crippen LogP contribution in [0.5, 0.6) is 0 Å². The molecule has 4 heteroatoms. The number of nitrogens with one attached hydrogen (secondary N) is 2. The number of hydrogen-bond donors (Lipinski definition) is 3. The summed E-state index contributed by atoms with van der Waals surface area (Å²) >= 11 is 0. The van der Waals surface area contributed by atoms with Crippen LogP contribution < -0.4 is 10.6 Å². The number of carbonyl (C=O) groups is 1. The number of rotatable bonds is 3. The molecule has 98 valence electrons. The Morgan fingerprint density at radius 2 is 2.00 bits per heavy atom. The summed E-state index contributed by atoms with van der Waals surface area (Å²) in [7, 11) is 0. The van der Waals surface area contributed by atoms with Gasteiger partial charge in [-0.25, -0.2) is 0 Å². The Balaban J connectivity index is 1.71. The Bertz CT molecular complexity index is 244. The second-order valence-electron chi connectivity index (χ2n) is 5.45. The third-order valence-electron chi connectivity index (χ3n) is 4.12. The molecule has 1 aliphatic heterocycles. The van der Waals surface area contributed by atoms with Crippen LogP contribution in [0.1, 0.15) is 38.5 Å². The van der Waals surface area contributed by atoms with Gasteiger partial charge in [-0.3, -0.25) is 4.79 Å². The lowest BCUT2D eigenvalue weighted by atomic mass is 9.86. The highest BCUT2D eigenvalue weighted by atomic mass is 16.3. The second-order valence-corrected chi connectivity index (χ2v) is 5.45. The van der Waals surface area contributed by atoms with E-state index in [0.717, 1.165) is 51.6 Å². The maximum Gasteiger partial charge on any atom is 0.224 e. The molecule has 0 aromatic carbocycles. The SMILES string of the molecule is O=C(NC1CCC(CO)CC1)C1CCCNC1. The lowest BCUT2D eigenvalue weighted by Gasteiger charge is -2.30. The predicted molar refractivity (Wildman–Crippen MR) is 66.6 cm³/mol. The van der Waals surface area contributed by atoms with Gasteiger partial charge in [-0.1, -0.05) is 0 Å². The van der Waals surface area contributed by atoms with Crippen molar-refractivity contribution < 1.29 is 9.90 Å². The van der Waals surface area contributed by atoms with Gasteiger partial charge in [-0.2, -0.15) is 0 Å². The topological polar surface area (TPSA) is 61.4 Å². The molecule has 4 nitrogen and oxygen atoms in total. The van der Waals surface area contributed by atoms with Crippen molar-refractivity contribution in [2.24, 2.45) is 11.8 Å². The summed E-state index contributed by atoms with van der Waals surface area (Å²) in [6.07, 6.45) is 6.27. The van der Waals surface area contributed by atoms with Crippen LogP contribution in [0.4, 0.5) is 0 Å². The van der Waals surface area contributed by atoms with Crippen LogP contribution in [0.15, 0.2) is 0 Å². The minimum absolute atomic E-state index is 0.166. The summed E-state index contributed by atoms with van der Waals surface area (Å²) < 4.78 is 0. The highest BCUT2D eigenvalue weighted by Gasteiger charge is 2.26. The lowest BCUT2D eigenvalue weighted by molar-refractivity contribution is -0.126. The van der Waals surface area contributed by atoms with Crippen molar-refractivity contribution in [3.8, 4) is 0 Å². The zero-order valence-corrected chi connectivity index (χ0v) is 10.5. The zero-order chi connectivity index (χ0) is 12.1. The van der Waals surface area contributed by atoms with Gasteiger partial charge in [0, 0.05) is 19.2 Å². The van der Waals surface area contributed by atoms with Crippen LogP contribution in [0.2, 0.25) is 0 Å². The van der Waals surface area contributed by atoms with Crippen LogP contribution >= 0.6 is 0 Å². The number of aliphatic hydroxyl groups excluding tert-OH is 1. The molecule has 0 spiro atoms. The maximum atomic E-state index is 12.0. The molecule has 17 heavy (non-hydrogen) atoms. The van der Waals surface area contributed by atoms with E-state index in [1.165, 1.54) is 0 Å². The Kier molecular flexibility index (Phi) is 4.80. The van der Waals surface area contributed by atoms with E-state index in [1.807, 2.05) is 0 Å². The van der Waals surface area contributed by atoms with Crippen molar-refractivity contribution in [2.45, 2.75) is 44.6 Å². The molecular weight excluding hydrogens is 216 g/mol. The maximum absolute atomic E-state index is 12.0. The third kappa shape index (κ3) is 3.68. The van der Waals surface area contributed by atoms with E-state index in [0.29, 0.717) is 18.6 Å². The monoisotopic (exact) mass is 240 g/mol. The Morgan fingerprint density at radius 3 is 2.59 bits per heavy atom. The number of amides is 1. The average molecular weight is 240 g/mol. The summed E-state index contributed by atoms with van der Waals surface area (Å²) in [5.74, 6) is 0.850. The molecule has 3 N–H and O–H groups in total. The smallest absolute Gasteiger partial charge is 0.224 e. The van der Waals surface area contributed by atoms with E-state index in [-0.39, 0.29) is 11.8 Å². The molecule has 0 bridgehead atoms. The molecule has 0 aromatic heterocycles. The Hall–Kier alpha value is -0.610. The minimum atomic E-state index is 0.166. The molecular formula is C13H24N2O2. The molecule has 0 radical (unpaired) electrons. The quantitative estimate of drug-likeness (QED) is 0.679. The molecule has 1 saturated carbocycles. The fourth-order valence-electron chi connectivity index (χ4n) is 2.88.